The Morgan fingerprint density at radius 3 is 2.70 bits per heavy atom. The molecule has 1 amide bonds. The molecule has 0 aromatic heterocycles. The van der Waals surface area contributed by atoms with Crippen molar-refractivity contribution < 1.29 is 9.53 Å². The summed E-state index contributed by atoms with van der Waals surface area (Å²) in [4.78, 5) is 14.7. The zero-order valence-electron chi connectivity index (χ0n) is 15.4. The van der Waals surface area contributed by atoms with E-state index >= 15 is 0 Å². The van der Waals surface area contributed by atoms with Gasteiger partial charge < -0.3 is 15.8 Å². The van der Waals surface area contributed by atoms with Crippen molar-refractivity contribution in [2.45, 2.75) is 26.0 Å². The van der Waals surface area contributed by atoms with Gasteiger partial charge >= 0.3 is 0 Å². The van der Waals surface area contributed by atoms with Gasteiger partial charge in [-0.15, -0.1) is 24.8 Å². The lowest BCUT2D eigenvalue weighted by Gasteiger charge is -2.32. The summed E-state index contributed by atoms with van der Waals surface area (Å²) in [6, 6.07) is 15.9. The molecule has 0 saturated carbocycles. The maximum atomic E-state index is 12.4. The molecule has 1 unspecified atom stereocenters. The Hall–Kier alpha value is -1.79. The summed E-state index contributed by atoms with van der Waals surface area (Å²) in [7, 11) is 0. The van der Waals surface area contributed by atoms with Crippen LogP contribution >= 0.6 is 24.8 Å². The standard InChI is InChI=1S/C20H25N3O2.2ClH/c1-15-7-8-17(21)11-19(15)22-20(24)12-18-14-23(9-10-25-18)13-16-5-3-2-4-6-16;;/h2-8,11,18H,9-10,12-14,21H2,1H3,(H,22,24);2*1H. The SMILES string of the molecule is Cc1ccc(N)cc1NC(=O)CC1CN(Cc2ccccc2)CCO1.Cl.Cl. The van der Waals surface area contributed by atoms with Gasteiger partial charge in [-0.2, -0.15) is 0 Å². The van der Waals surface area contributed by atoms with E-state index in [9.17, 15) is 4.79 Å². The van der Waals surface area contributed by atoms with Gasteiger partial charge in [0.1, 0.15) is 0 Å². The third-order valence-electron chi connectivity index (χ3n) is 4.42. The van der Waals surface area contributed by atoms with Gasteiger partial charge in [-0.25, -0.2) is 0 Å². The number of nitrogens with two attached hydrogens (primary N) is 1. The van der Waals surface area contributed by atoms with E-state index in [0.717, 1.165) is 30.9 Å². The van der Waals surface area contributed by atoms with Crippen LogP contribution in [0.2, 0.25) is 0 Å². The first-order valence-electron chi connectivity index (χ1n) is 8.64. The maximum Gasteiger partial charge on any atom is 0.227 e. The Balaban J connectivity index is 0.00000182. The first kappa shape index (κ1) is 23.2. The number of carbonyl (C=O) groups excluding carboxylic acids is 1. The number of carbonyl (C=O) groups is 1. The second-order valence-electron chi connectivity index (χ2n) is 6.54. The van der Waals surface area contributed by atoms with Gasteiger partial charge in [0, 0.05) is 31.0 Å². The number of aryl methyl sites for hydroxylation is 1. The molecule has 1 aliphatic rings. The summed E-state index contributed by atoms with van der Waals surface area (Å²) < 4.78 is 5.78. The highest BCUT2D eigenvalue weighted by Gasteiger charge is 2.23. The Kier molecular flexibility index (Phi) is 9.60. The number of halogens is 2. The molecule has 5 nitrogen and oxygen atoms in total. The highest BCUT2D eigenvalue weighted by atomic mass is 35.5. The number of amides is 1. The molecule has 0 bridgehead atoms. The van der Waals surface area contributed by atoms with E-state index in [1.165, 1.54) is 5.56 Å². The molecule has 1 heterocycles. The van der Waals surface area contributed by atoms with Gasteiger partial charge in [0.2, 0.25) is 5.91 Å². The average Bonchev–Trinajstić information content (AvgIpc) is 2.59. The maximum absolute atomic E-state index is 12.4. The summed E-state index contributed by atoms with van der Waals surface area (Å²) in [6.07, 6.45) is 0.262. The number of morpholine rings is 1. The highest BCUT2D eigenvalue weighted by Crippen LogP contribution is 2.19. The van der Waals surface area contributed by atoms with Gasteiger partial charge in [-0.05, 0) is 30.2 Å². The van der Waals surface area contributed by atoms with E-state index in [-0.39, 0.29) is 36.8 Å². The van der Waals surface area contributed by atoms with Crippen LogP contribution < -0.4 is 11.1 Å². The predicted octanol–water partition coefficient (Wildman–Crippen LogP) is 3.65. The van der Waals surface area contributed by atoms with Crippen molar-refractivity contribution in [2.24, 2.45) is 0 Å². The predicted molar refractivity (Wildman–Crippen MR) is 115 cm³/mol. The minimum absolute atomic E-state index is 0. The molecule has 1 saturated heterocycles. The van der Waals surface area contributed by atoms with E-state index in [4.69, 9.17) is 10.5 Å². The monoisotopic (exact) mass is 411 g/mol. The fraction of sp³-hybridized carbons (Fsp3) is 0.350. The van der Waals surface area contributed by atoms with E-state index in [1.807, 2.05) is 25.1 Å². The number of nitrogens with one attached hydrogen (secondary N) is 1. The summed E-state index contributed by atoms with van der Waals surface area (Å²) in [6.45, 7) is 5.14. The highest BCUT2D eigenvalue weighted by molar-refractivity contribution is 5.92. The number of nitrogen functional groups attached to an aromatic ring is 1. The molecule has 3 N–H and O–H groups in total. The van der Waals surface area contributed by atoms with Gasteiger partial charge in [0.25, 0.3) is 0 Å². The topological polar surface area (TPSA) is 67.6 Å². The summed E-state index contributed by atoms with van der Waals surface area (Å²) >= 11 is 0. The quantitative estimate of drug-likeness (QED) is 0.736. The minimum Gasteiger partial charge on any atom is -0.399 e. The molecular formula is C20H27Cl2N3O2. The van der Waals surface area contributed by atoms with Crippen molar-refractivity contribution in [1.82, 2.24) is 4.90 Å². The van der Waals surface area contributed by atoms with Gasteiger partial charge in [0.15, 0.2) is 0 Å². The number of anilines is 2. The van der Waals surface area contributed by atoms with Crippen LogP contribution in [-0.2, 0) is 16.1 Å². The van der Waals surface area contributed by atoms with Crippen LogP contribution in [0.4, 0.5) is 11.4 Å². The zero-order valence-corrected chi connectivity index (χ0v) is 17.0. The van der Waals surface area contributed by atoms with Crippen molar-refractivity contribution in [3.05, 3.63) is 59.7 Å². The van der Waals surface area contributed by atoms with Crippen molar-refractivity contribution in [3.8, 4) is 0 Å². The Labute approximate surface area is 173 Å². The third-order valence-corrected chi connectivity index (χ3v) is 4.42. The van der Waals surface area contributed by atoms with Gasteiger partial charge in [-0.3, -0.25) is 9.69 Å². The summed E-state index contributed by atoms with van der Waals surface area (Å²) in [5.74, 6) is -0.0414. The molecular weight excluding hydrogens is 385 g/mol. The average molecular weight is 412 g/mol. The van der Waals surface area contributed by atoms with E-state index in [2.05, 4.69) is 34.5 Å². The van der Waals surface area contributed by atoms with Crippen molar-refractivity contribution in [1.29, 1.82) is 0 Å². The molecule has 0 spiro atoms. The number of hydrogen-bond donors (Lipinski definition) is 2. The molecule has 2 aromatic rings. The second kappa shape index (κ2) is 11.1. The molecule has 1 atom stereocenters. The molecule has 0 radical (unpaired) electrons. The van der Waals surface area contributed by atoms with E-state index in [1.54, 1.807) is 6.07 Å². The summed E-state index contributed by atoms with van der Waals surface area (Å²) in [5.41, 5.74) is 9.48. The minimum atomic E-state index is -0.0844. The Morgan fingerprint density at radius 1 is 1.22 bits per heavy atom. The van der Waals surface area contributed by atoms with Crippen LogP contribution in [-0.4, -0.2) is 36.6 Å². The first-order valence-corrected chi connectivity index (χ1v) is 8.64. The number of nitrogens with zero attached hydrogens (tertiary/aromatic N) is 1. The molecule has 7 heteroatoms. The second-order valence-corrected chi connectivity index (χ2v) is 6.54. The fourth-order valence-corrected chi connectivity index (χ4v) is 3.07. The van der Waals surface area contributed by atoms with Crippen LogP contribution in [0, 0.1) is 6.92 Å². The zero-order chi connectivity index (χ0) is 17.6. The molecule has 1 fully saturated rings. The molecule has 3 rings (SSSR count). The van der Waals surface area contributed by atoms with Gasteiger partial charge in [0.05, 0.1) is 19.1 Å². The van der Waals surface area contributed by atoms with Crippen LogP contribution in [0.5, 0.6) is 0 Å². The lowest BCUT2D eigenvalue weighted by Crippen LogP contribution is -2.43. The lowest BCUT2D eigenvalue weighted by atomic mass is 10.1. The number of rotatable bonds is 5. The first-order chi connectivity index (χ1) is 12.1. The number of hydrogen-bond acceptors (Lipinski definition) is 4. The number of benzene rings is 2. The van der Waals surface area contributed by atoms with Crippen molar-refractivity contribution >= 4 is 42.1 Å². The molecule has 27 heavy (non-hydrogen) atoms. The lowest BCUT2D eigenvalue weighted by molar-refractivity contribution is -0.121. The van der Waals surface area contributed by atoms with Crippen LogP contribution in [0.3, 0.4) is 0 Å². The molecule has 0 aliphatic carbocycles. The Bertz CT molecular complexity index is 728. The molecule has 148 valence electrons. The van der Waals surface area contributed by atoms with Crippen LogP contribution in [0.25, 0.3) is 0 Å². The van der Waals surface area contributed by atoms with E-state index in [0.29, 0.717) is 18.7 Å². The van der Waals surface area contributed by atoms with E-state index < -0.39 is 0 Å². The largest absolute Gasteiger partial charge is 0.399 e. The van der Waals surface area contributed by atoms with Crippen molar-refractivity contribution in [3.63, 3.8) is 0 Å². The fourth-order valence-electron chi connectivity index (χ4n) is 3.07. The number of ether oxygens (including phenoxy) is 1. The van der Waals surface area contributed by atoms with Crippen LogP contribution in [0.15, 0.2) is 48.5 Å². The smallest absolute Gasteiger partial charge is 0.227 e. The normalized spacial score (nSPS) is 16.7. The third kappa shape index (κ3) is 7.03. The van der Waals surface area contributed by atoms with Crippen LogP contribution in [0.1, 0.15) is 17.5 Å². The van der Waals surface area contributed by atoms with Gasteiger partial charge in [-0.1, -0.05) is 36.4 Å². The molecule has 1 aliphatic heterocycles. The molecule has 2 aromatic carbocycles. The summed E-state index contributed by atoms with van der Waals surface area (Å²) in [5, 5.41) is 2.95. The van der Waals surface area contributed by atoms with Crippen molar-refractivity contribution in [2.75, 3.05) is 30.7 Å². The Morgan fingerprint density at radius 2 is 1.96 bits per heavy atom.